The molecule has 0 fully saturated rings. The Hall–Kier alpha value is -5.96. The third-order valence-electron chi connectivity index (χ3n) is 9.26. The molecule has 0 spiro atoms. The van der Waals surface area contributed by atoms with Crippen LogP contribution in [-0.2, 0) is 0 Å². The van der Waals surface area contributed by atoms with Crippen LogP contribution in [-0.4, -0.2) is 0 Å². The van der Waals surface area contributed by atoms with Gasteiger partial charge < -0.3 is 4.90 Å². The first-order valence-electron chi connectivity index (χ1n) is 16.3. The first kappa shape index (κ1) is 28.3. The van der Waals surface area contributed by atoms with Gasteiger partial charge in [-0.15, -0.1) is 11.3 Å². The Balaban J connectivity index is 1.12. The molecule has 1 heterocycles. The van der Waals surface area contributed by atoms with Crippen molar-refractivity contribution in [3.05, 3.63) is 188 Å². The Morgan fingerprint density at radius 2 is 0.792 bits per heavy atom. The second-order valence-corrected chi connectivity index (χ2v) is 13.3. The lowest BCUT2D eigenvalue weighted by Gasteiger charge is -2.27. The quantitative estimate of drug-likeness (QED) is 0.177. The van der Waals surface area contributed by atoms with Gasteiger partial charge in [-0.05, 0) is 98.8 Å². The highest BCUT2D eigenvalue weighted by molar-refractivity contribution is 7.26. The smallest absolute Gasteiger partial charge is 0.0554 e. The molecule has 0 aliphatic rings. The highest BCUT2D eigenvalue weighted by Gasteiger charge is 2.18. The van der Waals surface area contributed by atoms with Crippen LogP contribution >= 0.6 is 11.3 Å². The molecule has 0 radical (unpaired) electrons. The van der Waals surface area contributed by atoms with Crippen LogP contribution < -0.4 is 4.90 Å². The zero-order valence-corrected chi connectivity index (χ0v) is 27.1. The Morgan fingerprint density at radius 3 is 1.40 bits per heavy atom. The standard InChI is InChI=1S/C46H31NS/c1-3-10-32(11-4-1)34-22-26-40(27-23-34)47(43-15-9-17-45-46(43)42-14-7-8-16-44(42)48-45)41-28-24-35(25-29-41)37-19-21-38-30-36(18-20-39(38)31-37)33-12-5-2-6-13-33/h1-31H. The van der Waals surface area contributed by atoms with Crippen LogP contribution in [0.1, 0.15) is 0 Å². The van der Waals surface area contributed by atoms with Crippen LogP contribution in [0.3, 0.4) is 0 Å². The highest BCUT2D eigenvalue weighted by Crippen LogP contribution is 2.45. The molecule has 1 nitrogen and oxygen atoms in total. The maximum Gasteiger partial charge on any atom is 0.0554 e. The molecule has 0 saturated heterocycles. The minimum atomic E-state index is 1.13. The molecule has 2 heteroatoms. The lowest BCUT2D eigenvalue weighted by molar-refractivity contribution is 1.30. The number of nitrogens with zero attached hydrogens (tertiary/aromatic N) is 1. The Kier molecular flexibility index (Phi) is 7.07. The molecular weight excluding hydrogens is 599 g/mol. The summed E-state index contributed by atoms with van der Waals surface area (Å²) in [6.45, 7) is 0. The molecule has 0 saturated carbocycles. The maximum absolute atomic E-state index is 2.41. The van der Waals surface area contributed by atoms with Gasteiger partial charge in [-0.1, -0.05) is 133 Å². The van der Waals surface area contributed by atoms with Crippen molar-refractivity contribution in [2.75, 3.05) is 4.90 Å². The average Bonchev–Trinajstić information content (AvgIpc) is 3.55. The topological polar surface area (TPSA) is 3.24 Å². The van der Waals surface area contributed by atoms with Crippen LogP contribution in [0.25, 0.3) is 64.3 Å². The van der Waals surface area contributed by atoms with E-state index in [0.717, 1.165) is 11.4 Å². The van der Waals surface area contributed by atoms with E-state index < -0.39 is 0 Å². The molecule has 9 rings (SSSR count). The van der Waals surface area contributed by atoms with Gasteiger partial charge in [0, 0.05) is 31.5 Å². The fourth-order valence-electron chi connectivity index (χ4n) is 6.84. The van der Waals surface area contributed by atoms with E-state index in [0.29, 0.717) is 0 Å². The normalized spacial score (nSPS) is 11.3. The predicted octanol–water partition coefficient (Wildman–Crippen LogP) is 13.7. The molecule has 48 heavy (non-hydrogen) atoms. The third-order valence-corrected chi connectivity index (χ3v) is 10.4. The summed E-state index contributed by atoms with van der Waals surface area (Å²) in [6.07, 6.45) is 0. The minimum absolute atomic E-state index is 1.13. The lowest BCUT2D eigenvalue weighted by atomic mass is 9.97. The van der Waals surface area contributed by atoms with E-state index in [1.807, 2.05) is 11.3 Å². The number of hydrogen-bond donors (Lipinski definition) is 0. The first-order valence-corrected chi connectivity index (χ1v) is 17.2. The van der Waals surface area contributed by atoms with Gasteiger partial charge in [0.15, 0.2) is 0 Å². The Bertz CT molecular complexity index is 2530. The van der Waals surface area contributed by atoms with E-state index in [2.05, 4.69) is 193 Å². The molecule has 0 atom stereocenters. The van der Waals surface area contributed by atoms with Crippen molar-refractivity contribution in [3.8, 4) is 33.4 Å². The third kappa shape index (κ3) is 5.13. The number of fused-ring (bicyclic) bond motifs is 4. The number of thiophene rings is 1. The molecule has 8 aromatic carbocycles. The Labute approximate surface area is 284 Å². The summed E-state index contributed by atoms with van der Waals surface area (Å²) in [7, 11) is 0. The van der Waals surface area contributed by atoms with Crippen molar-refractivity contribution in [3.63, 3.8) is 0 Å². The molecule has 0 N–H and O–H groups in total. The fraction of sp³-hybridized carbons (Fsp3) is 0. The van der Waals surface area contributed by atoms with Crippen molar-refractivity contribution < 1.29 is 0 Å². The van der Waals surface area contributed by atoms with E-state index in [-0.39, 0.29) is 0 Å². The summed E-state index contributed by atoms with van der Waals surface area (Å²) in [5, 5.41) is 5.08. The van der Waals surface area contributed by atoms with Crippen LogP contribution in [0.2, 0.25) is 0 Å². The molecule has 1 aromatic heterocycles. The summed E-state index contributed by atoms with van der Waals surface area (Å²) in [6, 6.07) is 68.1. The second kappa shape index (κ2) is 12.0. The van der Waals surface area contributed by atoms with Crippen molar-refractivity contribution in [2.24, 2.45) is 0 Å². The number of rotatable bonds is 6. The Morgan fingerprint density at radius 1 is 0.333 bits per heavy atom. The van der Waals surface area contributed by atoms with Gasteiger partial charge in [0.2, 0.25) is 0 Å². The average molecular weight is 630 g/mol. The van der Waals surface area contributed by atoms with Gasteiger partial charge in [-0.25, -0.2) is 0 Å². The van der Waals surface area contributed by atoms with Crippen molar-refractivity contribution in [1.82, 2.24) is 0 Å². The largest absolute Gasteiger partial charge is 0.310 e. The van der Waals surface area contributed by atoms with E-state index in [4.69, 9.17) is 0 Å². The van der Waals surface area contributed by atoms with E-state index in [9.17, 15) is 0 Å². The van der Waals surface area contributed by atoms with E-state index in [1.165, 1.54) is 70.0 Å². The lowest BCUT2D eigenvalue weighted by Crippen LogP contribution is -2.10. The molecule has 0 unspecified atom stereocenters. The summed E-state index contributed by atoms with van der Waals surface area (Å²) in [5.41, 5.74) is 10.8. The predicted molar refractivity (Wildman–Crippen MR) is 208 cm³/mol. The molecule has 226 valence electrons. The van der Waals surface area contributed by atoms with Gasteiger partial charge in [0.05, 0.1) is 5.69 Å². The van der Waals surface area contributed by atoms with Gasteiger partial charge >= 0.3 is 0 Å². The summed E-state index contributed by atoms with van der Waals surface area (Å²) in [5.74, 6) is 0. The molecule has 9 aromatic rings. The first-order chi connectivity index (χ1) is 23.8. The fourth-order valence-corrected chi connectivity index (χ4v) is 7.97. The number of anilines is 3. The number of benzene rings is 8. The molecule has 0 amide bonds. The summed E-state index contributed by atoms with van der Waals surface area (Å²) in [4.78, 5) is 2.41. The second-order valence-electron chi connectivity index (χ2n) is 12.2. The highest BCUT2D eigenvalue weighted by atomic mass is 32.1. The van der Waals surface area contributed by atoms with Gasteiger partial charge in [0.25, 0.3) is 0 Å². The van der Waals surface area contributed by atoms with Crippen molar-refractivity contribution >= 4 is 59.3 Å². The molecule has 0 aliphatic heterocycles. The monoisotopic (exact) mass is 629 g/mol. The minimum Gasteiger partial charge on any atom is -0.310 e. The van der Waals surface area contributed by atoms with E-state index in [1.54, 1.807) is 0 Å². The number of hydrogen-bond acceptors (Lipinski definition) is 2. The van der Waals surface area contributed by atoms with Gasteiger partial charge in [0.1, 0.15) is 0 Å². The van der Waals surface area contributed by atoms with Crippen LogP contribution in [0.5, 0.6) is 0 Å². The van der Waals surface area contributed by atoms with Gasteiger partial charge in [-0.3, -0.25) is 0 Å². The van der Waals surface area contributed by atoms with Crippen LogP contribution in [0.15, 0.2) is 188 Å². The molecule has 0 bridgehead atoms. The van der Waals surface area contributed by atoms with E-state index >= 15 is 0 Å². The summed E-state index contributed by atoms with van der Waals surface area (Å²) >= 11 is 1.86. The SMILES string of the molecule is c1ccc(-c2ccc(N(c3ccc(-c4ccc5cc(-c6ccccc6)ccc5c4)cc3)c3cccc4sc5ccccc5c34)cc2)cc1. The van der Waals surface area contributed by atoms with Gasteiger partial charge in [-0.2, -0.15) is 0 Å². The van der Waals surface area contributed by atoms with Crippen molar-refractivity contribution in [1.29, 1.82) is 0 Å². The zero-order valence-electron chi connectivity index (χ0n) is 26.3. The van der Waals surface area contributed by atoms with Crippen LogP contribution in [0.4, 0.5) is 17.1 Å². The molecule has 0 aliphatic carbocycles. The zero-order chi connectivity index (χ0) is 31.9. The summed E-state index contributed by atoms with van der Waals surface area (Å²) < 4.78 is 2.60. The van der Waals surface area contributed by atoms with Crippen molar-refractivity contribution in [2.45, 2.75) is 0 Å². The maximum atomic E-state index is 2.41. The van der Waals surface area contributed by atoms with Crippen LogP contribution in [0, 0.1) is 0 Å². The molecular formula is C46H31NS.